The number of nitrogens with zero attached hydrogens (tertiary/aromatic N) is 1. The number of carbonyl (C=O) groups is 1. The van der Waals surface area contributed by atoms with Crippen molar-refractivity contribution in [2.45, 2.75) is 38.1 Å². The van der Waals surface area contributed by atoms with Gasteiger partial charge in [0.25, 0.3) is 0 Å². The number of benzene rings is 2. The first-order valence-electron chi connectivity index (χ1n) is 11.0. The molecular weight excluding hydrogens is 429 g/mol. The van der Waals surface area contributed by atoms with Gasteiger partial charge in [0.15, 0.2) is 0 Å². The van der Waals surface area contributed by atoms with Crippen LogP contribution in [0.2, 0.25) is 0 Å². The number of carboxylic acids is 1. The molecule has 0 aliphatic carbocycles. The Labute approximate surface area is 218 Å². The number of rotatable bonds is 10. The van der Waals surface area contributed by atoms with Gasteiger partial charge in [-0.2, -0.15) is 11.3 Å². The summed E-state index contributed by atoms with van der Waals surface area (Å²) in [6.07, 6.45) is 4.12. The van der Waals surface area contributed by atoms with Crippen LogP contribution in [0, 0.1) is 0 Å². The number of hydrogen-bond acceptors (Lipinski definition) is 4. The molecule has 2 aromatic carbocycles. The zero-order valence-electron chi connectivity index (χ0n) is 19.7. The van der Waals surface area contributed by atoms with Crippen molar-refractivity contribution in [3.63, 3.8) is 0 Å². The predicted molar refractivity (Wildman–Crippen MR) is 127 cm³/mol. The van der Waals surface area contributed by atoms with Gasteiger partial charge in [0.2, 0.25) is 0 Å². The molecule has 6 heteroatoms. The number of aliphatic carboxylic acids is 1. The van der Waals surface area contributed by atoms with Crippen LogP contribution in [0.3, 0.4) is 0 Å². The van der Waals surface area contributed by atoms with Gasteiger partial charge in [0.05, 0.1) is 0 Å². The second-order valence-corrected chi connectivity index (χ2v) is 8.95. The number of thiophene rings is 1. The van der Waals surface area contributed by atoms with Gasteiger partial charge in [-0.25, -0.2) is 0 Å². The minimum absolute atomic E-state index is 0. The zero-order chi connectivity index (χ0) is 21.5. The Kier molecular flexibility index (Phi) is 9.82. The molecule has 1 atom stereocenters. The Hall–Kier alpha value is -1.63. The fourth-order valence-electron chi connectivity index (χ4n) is 4.19. The van der Waals surface area contributed by atoms with Gasteiger partial charge in [-0.15, -0.1) is 0 Å². The summed E-state index contributed by atoms with van der Waals surface area (Å²) in [7, 11) is 0. The molecule has 0 amide bonds. The summed E-state index contributed by atoms with van der Waals surface area (Å²) in [6.45, 7) is 2.54. The van der Waals surface area contributed by atoms with Crippen molar-refractivity contribution < 1.29 is 45.6 Å². The summed E-state index contributed by atoms with van der Waals surface area (Å²) in [5.74, 6) is 0.180. The molecule has 0 unspecified atom stereocenters. The number of likely N-dealkylation sites (tertiary alicyclic amines) is 1. The SMILES string of the molecule is O=C(O)CCCN1CCC[C@H]1COc1ccc(Cc2ccc(-c3ccsc3)cc2)cc1.[H-].[Na+]. The van der Waals surface area contributed by atoms with Crippen LogP contribution in [-0.2, 0) is 11.2 Å². The molecule has 3 aromatic rings. The molecule has 1 N–H and O–H groups in total. The van der Waals surface area contributed by atoms with Crippen LogP contribution in [-0.4, -0.2) is 41.7 Å². The Bertz CT molecular complexity index is 964. The third kappa shape index (κ3) is 7.19. The van der Waals surface area contributed by atoms with Crippen molar-refractivity contribution in [3.05, 3.63) is 76.5 Å². The molecule has 1 aromatic heterocycles. The van der Waals surface area contributed by atoms with Gasteiger partial charge in [-0.1, -0.05) is 36.4 Å². The van der Waals surface area contributed by atoms with E-state index in [2.05, 4.69) is 70.3 Å². The third-order valence-corrected chi connectivity index (χ3v) is 6.60. The summed E-state index contributed by atoms with van der Waals surface area (Å²) >= 11 is 1.72. The van der Waals surface area contributed by atoms with Gasteiger partial charge >= 0.3 is 35.5 Å². The van der Waals surface area contributed by atoms with E-state index in [9.17, 15) is 4.79 Å². The average Bonchev–Trinajstić information content (AvgIpc) is 3.46. The molecule has 0 radical (unpaired) electrons. The van der Waals surface area contributed by atoms with Crippen molar-refractivity contribution in [2.24, 2.45) is 0 Å². The molecule has 4 rings (SSSR count). The molecular formula is C26H30NNaO3S. The first kappa shape index (κ1) is 25.0. The fourth-order valence-corrected chi connectivity index (χ4v) is 4.85. The summed E-state index contributed by atoms with van der Waals surface area (Å²) in [6, 6.07) is 19.7. The van der Waals surface area contributed by atoms with Gasteiger partial charge in [-0.3, -0.25) is 9.69 Å². The van der Waals surface area contributed by atoms with E-state index in [1.807, 2.05) is 0 Å². The topological polar surface area (TPSA) is 49.8 Å². The van der Waals surface area contributed by atoms with E-state index in [0.717, 1.165) is 38.1 Å². The van der Waals surface area contributed by atoms with Crippen molar-refractivity contribution in [2.75, 3.05) is 19.7 Å². The van der Waals surface area contributed by atoms with E-state index in [1.54, 1.807) is 11.3 Å². The monoisotopic (exact) mass is 459 g/mol. The van der Waals surface area contributed by atoms with Crippen LogP contribution < -0.4 is 34.3 Å². The first-order valence-corrected chi connectivity index (χ1v) is 11.9. The van der Waals surface area contributed by atoms with Crippen LogP contribution >= 0.6 is 11.3 Å². The van der Waals surface area contributed by atoms with E-state index < -0.39 is 5.97 Å². The van der Waals surface area contributed by atoms with E-state index >= 15 is 0 Å². The molecule has 1 aliphatic heterocycles. The van der Waals surface area contributed by atoms with Crippen molar-refractivity contribution >= 4 is 17.3 Å². The Morgan fingerprint density at radius 1 is 1.06 bits per heavy atom. The van der Waals surface area contributed by atoms with Crippen LogP contribution in [0.15, 0.2) is 65.4 Å². The molecule has 0 spiro atoms. The second-order valence-electron chi connectivity index (χ2n) is 8.17. The van der Waals surface area contributed by atoms with Gasteiger partial charge in [0, 0.05) is 12.5 Å². The Morgan fingerprint density at radius 2 is 1.78 bits per heavy atom. The standard InChI is InChI=1S/C26H29NO3S.Na.H/c28-26(29)4-2-15-27-14-1-3-24(27)18-30-25-11-7-21(8-12-25)17-20-5-9-22(10-6-20)23-13-16-31-19-23;;/h5-13,16,19,24H,1-4,14-15,17-18H2,(H,28,29);;/q;+1;-1/t24-;;/m0../s1. The van der Waals surface area contributed by atoms with E-state index in [-0.39, 0.29) is 37.4 Å². The Morgan fingerprint density at radius 3 is 2.44 bits per heavy atom. The minimum atomic E-state index is -0.717. The van der Waals surface area contributed by atoms with Crippen molar-refractivity contribution in [3.8, 4) is 16.9 Å². The summed E-state index contributed by atoms with van der Waals surface area (Å²) in [5.41, 5.74) is 5.11. The predicted octanol–water partition coefficient (Wildman–Crippen LogP) is 2.83. The van der Waals surface area contributed by atoms with Gasteiger partial charge in [0.1, 0.15) is 12.4 Å². The van der Waals surface area contributed by atoms with Gasteiger partial charge in [-0.05, 0) is 90.0 Å². The van der Waals surface area contributed by atoms with E-state index in [0.29, 0.717) is 19.1 Å². The van der Waals surface area contributed by atoms with E-state index in [1.165, 1.54) is 22.3 Å². The molecule has 32 heavy (non-hydrogen) atoms. The molecule has 1 aliphatic rings. The molecule has 4 nitrogen and oxygen atoms in total. The summed E-state index contributed by atoms with van der Waals surface area (Å²) < 4.78 is 6.05. The molecule has 2 heterocycles. The molecule has 164 valence electrons. The normalized spacial score (nSPS) is 15.9. The smallest absolute Gasteiger partial charge is 1.00 e. The summed E-state index contributed by atoms with van der Waals surface area (Å²) in [5, 5.41) is 13.1. The Balaban J connectivity index is 0.00000193. The van der Waals surface area contributed by atoms with Crippen LogP contribution in [0.4, 0.5) is 0 Å². The van der Waals surface area contributed by atoms with Gasteiger partial charge < -0.3 is 11.3 Å². The molecule has 0 saturated carbocycles. The number of carboxylic acid groups (broad SMARTS) is 1. The maximum atomic E-state index is 10.7. The minimum Gasteiger partial charge on any atom is -1.00 e. The molecule has 0 bridgehead atoms. The molecule has 1 fully saturated rings. The van der Waals surface area contributed by atoms with Crippen molar-refractivity contribution in [1.82, 2.24) is 4.90 Å². The van der Waals surface area contributed by atoms with Crippen LogP contribution in [0.25, 0.3) is 11.1 Å². The van der Waals surface area contributed by atoms with Crippen LogP contribution in [0.5, 0.6) is 5.75 Å². The van der Waals surface area contributed by atoms with Crippen molar-refractivity contribution in [1.29, 1.82) is 0 Å². The summed E-state index contributed by atoms with van der Waals surface area (Å²) in [4.78, 5) is 13.1. The van der Waals surface area contributed by atoms with E-state index in [4.69, 9.17) is 9.84 Å². The van der Waals surface area contributed by atoms with Crippen LogP contribution in [0.1, 0.15) is 38.2 Å². The maximum Gasteiger partial charge on any atom is 1.00 e. The maximum absolute atomic E-state index is 10.7. The quantitative estimate of drug-likeness (QED) is 0.474. The molecule has 1 saturated heterocycles. The number of hydrogen-bond donors (Lipinski definition) is 1. The average molecular weight is 460 g/mol. The fraction of sp³-hybridized carbons (Fsp3) is 0.346. The second kappa shape index (κ2) is 12.6. The third-order valence-electron chi connectivity index (χ3n) is 5.92. The zero-order valence-corrected chi connectivity index (χ0v) is 21.5. The first-order chi connectivity index (χ1) is 15.2. The number of ether oxygens (including phenoxy) is 1. The largest absolute Gasteiger partial charge is 1.00 e.